The Bertz CT molecular complexity index is 1290. The van der Waals surface area contributed by atoms with E-state index in [1.807, 2.05) is 30.3 Å². The predicted octanol–water partition coefficient (Wildman–Crippen LogP) is 5.72. The zero-order valence-corrected chi connectivity index (χ0v) is 18.7. The van der Waals surface area contributed by atoms with E-state index >= 15 is 0 Å². The molecule has 0 radical (unpaired) electrons. The number of urea groups is 1. The van der Waals surface area contributed by atoms with Crippen molar-refractivity contribution in [1.82, 2.24) is 10.2 Å². The lowest BCUT2D eigenvalue weighted by Crippen LogP contribution is -2.34. The Balaban J connectivity index is 1.44. The number of benzene rings is 3. The smallest absolute Gasteiger partial charge is 0.322 e. The van der Waals surface area contributed by atoms with Crippen LogP contribution >= 0.6 is 0 Å². The van der Waals surface area contributed by atoms with Crippen molar-refractivity contribution in [1.29, 1.82) is 0 Å². The van der Waals surface area contributed by atoms with Gasteiger partial charge < -0.3 is 20.0 Å². The van der Waals surface area contributed by atoms with Gasteiger partial charge in [0, 0.05) is 24.3 Å². The van der Waals surface area contributed by atoms with E-state index in [2.05, 4.69) is 10.6 Å². The molecule has 4 rings (SSSR count). The Morgan fingerprint density at radius 1 is 0.800 bits per heavy atom. The number of halogens is 2. The van der Waals surface area contributed by atoms with Crippen molar-refractivity contribution in [3.63, 3.8) is 0 Å². The number of carbonyl (C=O) groups is 2. The number of hydrogen-bond acceptors (Lipinski definition) is 3. The largest absolute Gasteiger partial charge is 0.454 e. The van der Waals surface area contributed by atoms with E-state index in [1.54, 1.807) is 24.3 Å². The van der Waals surface area contributed by atoms with Gasteiger partial charge >= 0.3 is 6.03 Å². The molecular weight excluding hydrogens is 452 g/mol. The summed E-state index contributed by atoms with van der Waals surface area (Å²) < 4.78 is 32.7. The number of carbonyl (C=O) groups excluding carboxylic acids is 2. The topological polar surface area (TPSA) is 74.6 Å². The number of nitrogens with one attached hydrogen (secondary N) is 2. The van der Waals surface area contributed by atoms with Gasteiger partial charge in [-0.2, -0.15) is 0 Å². The zero-order valence-electron chi connectivity index (χ0n) is 18.7. The fourth-order valence-corrected chi connectivity index (χ4v) is 3.42. The van der Waals surface area contributed by atoms with E-state index in [-0.39, 0.29) is 25.4 Å². The third-order valence-corrected chi connectivity index (χ3v) is 5.23. The lowest BCUT2D eigenvalue weighted by molar-refractivity contribution is 0.0919. The summed E-state index contributed by atoms with van der Waals surface area (Å²) in [5, 5.41) is 5.37. The Hall–Kier alpha value is -4.46. The molecule has 6 nitrogen and oxygen atoms in total. The molecule has 0 spiro atoms. The Labute approximate surface area is 201 Å². The van der Waals surface area contributed by atoms with Crippen LogP contribution in [0.5, 0.6) is 0 Å². The molecule has 8 heteroatoms. The Kier molecular flexibility index (Phi) is 7.52. The van der Waals surface area contributed by atoms with Crippen LogP contribution in [0.25, 0.3) is 0 Å². The number of nitrogens with zero attached hydrogens (tertiary/aromatic N) is 1. The van der Waals surface area contributed by atoms with Crippen LogP contribution in [0.3, 0.4) is 0 Å². The van der Waals surface area contributed by atoms with Crippen molar-refractivity contribution in [2.45, 2.75) is 19.6 Å². The molecule has 178 valence electrons. The van der Waals surface area contributed by atoms with Crippen LogP contribution in [0.2, 0.25) is 0 Å². The van der Waals surface area contributed by atoms with Gasteiger partial charge in [-0.05, 0) is 48.0 Å². The third kappa shape index (κ3) is 6.54. The summed E-state index contributed by atoms with van der Waals surface area (Å²) in [7, 11) is 0. The lowest BCUT2D eigenvalue weighted by Gasteiger charge is -2.22. The molecule has 1 heterocycles. The molecule has 0 unspecified atom stereocenters. The highest BCUT2D eigenvalue weighted by atomic mass is 19.1. The van der Waals surface area contributed by atoms with Gasteiger partial charge in [-0.3, -0.25) is 4.79 Å². The van der Waals surface area contributed by atoms with Crippen LogP contribution < -0.4 is 10.6 Å². The molecule has 2 N–H and O–H groups in total. The normalized spacial score (nSPS) is 10.6. The van der Waals surface area contributed by atoms with Gasteiger partial charge in [0.25, 0.3) is 5.91 Å². The molecule has 0 aliphatic rings. The second-order valence-electron chi connectivity index (χ2n) is 7.82. The fraction of sp³-hybridized carbons (Fsp3) is 0.111. The van der Waals surface area contributed by atoms with Gasteiger partial charge in [-0.25, -0.2) is 13.6 Å². The van der Waals surface area contributed by atoms with Gasteiger partial charge in [-0.1, -0.05) is 48.5 Å². The average Bonchev–Trinajstić information content (AvgIpc) is 3.34. The molecule has 35 heavy (non-hydrogen) atoms. The lowest BCUT2D eigenvalue weighted by atomic mass is 10.2. The number of furan rings is 1. The van der Waals surface area contributed by atoms with Crippen molar-refractivity contribution in [3.05, 3.63) is 125 Å². The molecule has 0 saturated carbocycles. The van der Waals surface area contributed by atoms with Crippen LogP contribution in [0.1, 0.15) is 27.4 Å². The van der Waals surface area contributed by atoms with Crippen LogP contribution in [0, 0.1) is 11.6 Å². The quantitative estimate of drug-likeness (QED) is 0.342. The minimum atomic E-state index is -0.495. The van der Waals surface area contributed by atoms with Crippen molar-refractivity contribution in [3.8, 4) is 0 Å². The minimum Gasteiger partial charge on any atom is -0.454 e. The van der Waals surface area contributed by atoms with Crippen LogP contribution in [0.15, 0.2) is 95.4 Å². The highest BCUT2D eigenvalue weighted by Gasteiger charge is 2.19. The predicted molar refractivity (Wildman–Crippen MR) is 127 cm³/mol. The summed E-state index contributed by atoms with van der Waals surface area (Å²) in [6.45, 7) is 0.383. The van der Waals surface area contributed by atoms with Crippen molar-refractivity contribution in [2.75, 3.05) is 5.32 Å². The van der Waals surface area contributed by atoms with Gasteiger partial charge in [0.15, 0.2) is 5.76 Å². The summed E-state index contributed by atoms with van der Waals surface area (Å²) in [5.41, 5.74) is 1.71. The molecule has 0 aliphatic heterocycles. The summed E-state index contributed by atoms with van der Waals surface area (Å²) >= 11 is 0. The van der Waals surface area contributed by atoms with Gasteiger partial charge in [0.05, 0.1) is 6.54 Å². The van der Waals surface area contributed by atoms with E-state index in [4.69, 9.17) is 4.42 Å². The summed E-state index contributed by atoms with van der Waals surface area (Å²) in [5.74, 6) is -0.858. The van der Waals surface area contributed by atoms with Crippen molar-refractivity contribution in [2.24, 2.45) is 0 Å². The standard InChI is InChI=1S/C27H23F2N3O3/c28-21-10-12-22(13-11-21)31-27(34)32(17-19-6-2-1-3-7-19)18-23-14-15-25(35-23)26(33)30-16-20-8-4-5-9-24(20)29/h1-15H,16-18H2,(H,30,33)(H,31,34). The maximum Gasteiger partial charge on any atom is 0.322 e. The van der Waals surface area contributed by atoms with Crippen LogP contribution in [-0.2, 0) is 19.6 Å². The second-order valence-corrected chi connectivity index (χ2v) is 7.82. The van der Waals surface area contributed by atoms with E-state index in [0.717, 1.165) is 5.56 Å². The number of hydrogen-bond donors (Lipinski definition) is 2. The Morgan fingerprint density at radius 3 is 2.26 bits per heavy atom. The zero-order chi connectivity index (χ0) is 24.6. The molecular formula is C27H23F2N3O3. The molecule has 0 fully saturated rings. The van der Waals surface area contributed by atoms with E-state index in [9.17, 15) is 18.4 Å². The molecule has 1 aromatic heterocycles. The maximum absolute atomic E-state index is 13.8. The van der Waals surface area contributed by atoms with Gasteiger partial charge in [-0.15, -0.1) is 0 Å². The number of amides is 3. The average molecular weight is 475 g/mol. The first-order chi connectivity index (χ1) is 17.0. The molecule has 0 saturated heterocycles. The van der Waals surface area contributed by atoms with Crippen molar-refractivity contribution >= 4 is 17.6 Å². The van der Waals surface area contributed by atoms with E-state index < -0.39 is 23.6 Å². The van der Waals surface area contributed by atoms with E-state index in [0.29, 0.717) is 17.0 Å². The fourth-order valence-electron chi connectivity index (χ4n) is 3.42. The maximum atomic E-state index is 13.8. The SMILES string of the molecule is O=C(NCc1ccccc1F)c1ccc(CN(Cc2ccccc2)C(=O)Nc2ccc(F)cc2)o1. The molecule has 0 atom stereocenters. The molecule has 3 aromatic carbocycles. The van der Waals surface area contributed by atoms with Crippen LogP contribution in [-0.4, -0.2) is 16.8 Å². The van der Waals surface area contributed by atoms with Gasteiger partial charge in [0.2, 0.25) is 0 Å². The number of anilines is 1. The molecule has 4 aromatic rings. The minimum absolute atomic E-state index is 0.0156. The monoisotopic (exact) mass is 475 g/mol. The first-order valence-electron chi connectivity index (χ1n) is 10.9. The molecule has 0 aliphatic carbocycles. The first-order valence-corrected chi connectivity index (χ1v) is 10.9. The van der Waals surface area contributed by atoms with E-state index in [1.165, 1.54) is 41.3 Å². The Morgan fingerprint density at radius 2 is 1.51 bits per heavy atom. The summed E-state index contributed by atoms with van der Waals surface area (Å²) in [4.78, 5) is 27.0. The highest BCUT2D eigenvalue weighted by molar-refractivity contribution is 5.91. The summed E-state index contributed by atoms with van der Waals surface area (Å²) in [6, 6.07) is 23.7. The first kappa shape index (κ1) is 23.7. The van der Waals surface area contributed by atoms with Gasteiger partial charge in [0.1, 0.15) is 17.4 Å². The second kappa shape index (κ2) is 11.1. The number of rotatable bonds is 8. The third-order valence-electron chi connectivity index (χ3n) is 5.23. The summed E-state index contributed by atoms with van der Waals surface area (Å²) in [6.07, 6.45) is 0. The van der Waals surface area contributed by atoms with Crippen LogP contribution in [0.4, 0.5) is 19.3 Å². The molecule has 0 bridgehead atoms. The highest BCUT2D eigenvalue weighted by Crippen LogP contribution is 2.17. The molecule has 3 amide bonds. The van der Waals surface area contributed by atoms with Crippen molar-refractivity contribution < 1.29 is 22.8 Å².